The first kappa shape index (κ1) is 18.0. The Kier molecular flexibility index (Phi) is 5.49. The lowest BCUT2D eigenvalue weighted by Gasteiger charge is -2.35. The molecule has 0 aromatic heterocycles. The molecular weight excluding hydrogens is 343 g/mol. The van der Waals surface area contributed by atoms with Crippen LogP contribution in [0.1, 0.15) is 37.0 Å². The predicted octanol–water partition coefficient (Wildman–Crippen LogP) is 2.81. The van der Waals surface area contributed by atoms with Gasteiger partial charge in [0.1, 0.15) is 16.2 Å². The Labute approximate surface area is 144 Å². The highest BCUT2D eigenvalue weighted by Gasteiger charge is 2.37. The van der Waals surface area contributed by atoms with Crippen LogP contribution in [0.5, 0.6) is 0 Å². The number of piperidine rings is 1. The van der Waals surface area contributed by atoms with Crippen LogP contribution in [0.4, 0.5) is 5.69 Å². The molecule has 0 atom stereocenters. The Morgan fingerprint density at radius 1 is 1.35 bits per heavy atom. The van der Waals surface area contributed by atoms with Crippen molar-refractivity contribution in [2.24, 2.45) is 5.92 Å². The van der Waals surface area contributed by atoms with Crippen LogP contribution in [-0.2, 0) is 4.74 Å². The summed E-state index contributed by atoms with van der Waals surface area (Å²) in [5.41, 5.74) is -1.21. The third-order valence-electron chi connectivity index (χ3n) is 4.25. The first-order valence-electron chi connectivity index (χ1n) is 7.41. The first-order chi connectivity index (χ1) is 10.7. The van der Waals surface area contributed by atoms with Gasteiger partial charge in [0, 0.05) is 24.8 Å². The van der Waals surface area contributed by atoms with Crippen molar-refractivity contribution in [2.45, 2.75) is 32.3 Å². The van der Waals surface area contributed by atoms with Crippen LogP contribution < -0.4 is 5.32 Å². The van der Waals surface area contributed by atoms with Crippen LogP contribution in [0, 0.1) is 16.0 Å². The minimum Gasteiger partial charge on any atom is -0.456 e. The van der Waals surface area contributed by atoms with Crippen molar-refractivity contribution in [3.63, 3.8) is 0 Å². The summed E-state index contributed by atoms with van der Waals surface area (Å²) in [5.74, 6) is -0.504. The second-order valence-corrected chi connectivity index (χ2v) is 6.93. The summed E-state index contributed by atoms with van der Waals surface area (Å²) >= 11 is 12.0. The van der Waals surface area contributed by atoms with Crippen molar-refractivity contribution < 1.29 is 19.8 Å². The molecule has 8 heteroatoms. The number of nitrogens with two attached hydrogens (primary N) is 1. The minimum absolute atomic E-state index is 0.0402. The van der Waals surface area contributed by atoms with Gasteiger partial charge < -0.3 is 10.1 Å². The number of quaternary nitrogens is 1. The summed E-state index contributed by atoms with van der Waals surface area (Å²) in [6, 6.07) is 2.45. The molecule has 1 aliphatic heterocycles. The average Bonchev–Trinajstić information content (AvgIpc) is 2.47. The van der Waals surface area contributed by atoms with Crippen molar-refractivity contribution in [2.75, 3.05) is 13.1 Å². The molecule has 0 aliphatic carbocycles. The highest BCUT2D eigenvalue weighted by atomic mass is 35.5. The van der Waals surface area contributed by atoms with E-state index in [2.05, 4.69) is 5.32 Å². The number of halogens is 2. The average molecular weight is 362 g/mol. The molecule has 126 valence electrons. The Hall–Kier alpha value is -1.37. The van der Waals surface area contributed by atoms with Gasteiger partial charge in [-0.2, -0.15) is 0 Å². The summed E-state index contributed by atoms with van der Waals surface area (Å²) in [7, 11) is 0. The largest absolute Gasteiger partial charge is 0.456 e. The summed E-state index contributed by atoms with van der Waals surface area (Å²) in [6.45, 7) is 5.67. The van der Waals surface area contributed by atoms with E-state index in [9.17, 15) is 14.9 Å². The molecule has 0 radical (unpaired) electrons. The van der Waals surface area contributed by atoms with Crippen molar-refractivity contribution >= 4 is 34.9 Å². The van der Waals surface area contributed by atoms with Crippen LogP contribution in [0.25, 0.3) is 0 Å². The van der Waals surface area contributed by atoms with Gasteiger partial charge in [0.25, 0.3) is 5.69 Å². The third kappa shape index (κ3) is 3.94. The van der Waals surface area contributed by atoms with E-state index in [1.54, 1.807) is 0 Å². The van der Waals surface area contributed by atoms with Gasteiger partial charge in [0.05, 0.1) is 23.0 Å². The molecule has 1 heterocycles. The second-order valence-electron chi connectivity index (χ2n) is 6.15. The van der Waals surface area contributed by atoms with Crippen molar-refractivity contribution in [1.82, 2.24) is 0 Å². The van der Waals surface area contributed by atoms with Crippen LogP contribution in [0.15, 0.2) is 12.1 Å². The lowest BCUT2D eigenvalue weighted by molar-refractivity contribution is -0.665. The van der Waals surface area contributed by atoms with Crippen molar-refractivity contribution in [3.8, 4) is 0 Å². The van der Waals surface area contributed by atoms with E-state index >= 15 is 0 Å². The highest BCUT2D eigenvalue weighted by Crippen LogP contribution is 2.36. The van der Waals surface area contributed by atoms with Gasteiger partial charge in [-0.1, -0.05) is 23.2 Å². The standard InChI is InChI=1S/C15H18Cl2N2O4/c1-15(2,9-5-7-18-8-6-9)23-14(20)12-10(16)3-4-11(13(12)17)19(21)22/h3-4,9,18H,5-8H2,1-2H3/p+1. The number of esters is 1. The fraction of sp³-hybridized carbons (Fsp3) is 0.533. The number of benzene rings is 1. The quantitative estimate of drug-likeness (QED) is 0.507. The van der Waals surface area contributed by atoms with Crippen LogP contribution in [0.2, 0.25) is 10.0 Å². The number of carbonyl (C=O) groups excluding carboxylic acids is 1. The van der Waals surface area contributed by atoms with Crippen molar-refractivity contribution in [1.29, 1.82) is 0 Å². The molecule has 1 aromatic rings. The van der Waals surface area contributed by atoms with Gasteiger partial charge in [-0.3, -0.25) is 10.1 Å². The normalized spacial score (nSPS) is 16.2. The summed E-state index contributed by atoms with van der Waals surface area (Å²) < 4.78 is 5.62. The lowest BCUT2D eigenvalue weighted by atomic mass is 9.83. The summed E-state index contributed by atoms with van der Waals surface area (Å²) in [4.78, 5) is 22.8. The van der Waals surface area contributed by atoms with Crippen molar-refractivity contribution in [3.05, 3.63) is 37.9 Å². The molecule has 6 nitrogen and oxygen atoms in total. The van der Waals surface area contributed by atoms with Gasteiger partial charge in [-0.25, -0.2) is 4.79 Å². The van der Waals surface area contributed by atoms with Gasteiger partial charge in [-0.05, 0) is 19.9 Å². The number of hydrogen-bond acceptors (Lipinski definition) is 4. The number of rotatable bonds is 4. The van der Waals surface area contributed by atoms with E-state index in [1.807, 2.05) is 13.8 Å². The molecule has 1 fully saturated rings. The Morgan fingerprint density at radius 2 is 1.96 bits per heavy atom. The Bertz CT molecular complexity index is 628. The molecule has 1 aliphatic rings. The van der Waals surface area contributed by atoms with Gasteiger partial charge in [0.2, 0.25) is 0 Å². The number of nitro benzene ring substituents is 1. The number of nitro groups is 1. The first-order valence-corrected chi connectivity index (χ1v) is 8.17. The monoisotopic (exact) mass is 361 g/mol. The fourth-order valence-corrected chi connectivity index (χ4v) is 3.46. The van der Waals surface area contributed by atoms with Gasteiger partial charge in [0.15, 0.2) is 0 Å². The maximum Gasteiger partial charge on any atom is 0.341 e. The zero-order valence-electron chi connectivity index (χ0n) is 13.0. The number of ether oxygens (including phenoxy) is 1. The SMILES string of the molecule is CC(C)(OC(=O)c1c(Cl)ccc([N+](=O)[O-])c1Cl)C1CC[NH2+]CC1. The second kappa shape index (κ2) is 7.03. The van der Waals surface area contributed by atoms with Gasteiger partial charge in [-0.15, -0.1) is 0 Å². The molecule has 23 heavy (non-hydrogen) atoms. The zero-order chi connectivity index (χ0) is 17.2. The maximum absolute atomic E-state index is 12.5. The summed E-state index contributed by atoms with van der Waals surface area (Å²) in [6.07, 6.45) is 1.88. The van der Waals surface area contributed by atoms with E-state index in [4.69, 9.17) is 27.9 Å². The molecule has 2 rings (SSSR count). The molecule has 0 bridgehead atoms. The smallest absolute Gasteiger partial charge is 0.341 e. The third-order valence-corrected chi connectivity index (χ3v) is 4.95. The van der Waals surface area contributed by atoms with Crippen LogP contribution in [-0.4, -0.2) is 29.6 Å². The number of nitrogens with zero attached hydrogens (tertiary/aromatic N) is 1. The molecule has 2 N–H and O–H groups in total. The van der Waals surface area contributed by atoms with E-state index in [0.29, 0.717) is 0 Å². The Morgan fingerprint density at radius 3 is 2.52 bits per heavy atom. The summed E-state index contributed by atoms with van der Waals surface area (Å²) in [5, 5.41) is 12.9. The molecule has 1 saturated heterocycles. The topological polar surface area (TPSA) is 86.0 Å². The highest BCUT2D eigenvalue weighted by molar-refractivity contribution is 6.40. The van der Waals surface area contributed by atoms with E-state index in [1.165, 1.54) is 12.1 Å². The molecule has 0 spiro atoms. The molecule has 0 saturated carbocycles. The molecule has 0 amide bonds. The zero-order valence-corrected chi connectivity index (χ0v) is 14.5. The number of hydrogen-bond donors (Lipinski definition) is 1. The van der Waals surface area contributed by atoms with Gasteiger partial charge >= 0.3 is 5.97 Å². The minimum atomic E-state index is -0.733. The lowest BCUT2D eigenvalue weighted by Crippen LogP contribution is -2.86. The molecular formula is C15H19Cl2N2O4+. The van der Waals surface area contributed by atoms with E-state index in [0.717, 1.165) is 25.9 Å². The fourth-order valence-electron chi connectivity index (χ4n) is 2.86. The predicted molar refractivity (Wildman–Crippen MR) is 87.0 cm³/mol. The van der Waals surface area contributed by atoms with E-state index in [-0.39, 0.29) is 27.2 Å². The van der Waals surface area contributed by atoms with Crippen LogP contribution >= 0.6 is 23.2 Å². The maximum atomic E-state index is 12.5. The van der Waals surface area contributed by atoms with E-state index < -0.39 is 16.5 Å². The number of carbonyl (C=O) groups is 1. The molecule has 1 aromatic carbocycles. The Balaban J connectivity index is 2.26. The molecule has 0 unspecified atom stereocenters. The van der Waals surface area contributed by atoms with Crippen LogP contribution in [0.3, 0.4) is 0 Å².